The summed E-state index contributed by atoms with van der Waals surface area (Å²) in [4.78, 5) is 15.0. The van der Waals surface area contributed by atoms with Crippen LogP contribution in [0.4, 0.5) is 5.82 Å². The molecule has 0 atom stereocenters. The maximum absolute atomic E-state index is 11.2. The zero-order valence-corrected chi connectivity index (χ0v) is 9.74. The first kappa shape index (κ1) is 12.4. The van der Waals surface area contributed by atoms with Crippen LogP contribution in [0.15, 0.2) is 18.3 Å². The van der Waals surface area contributed by atoms with E-state index in [1.54, 1.807) is 6.92 Å². The fourth-order valence-corrected chi connectivity index (χ4v) is 1.48. The van der Waals surface area contributed by atoms with Crippen LogP contribution in [0.1, 0.15) is 17.3 Å². The Morgan fingerprint density at radius 1 is 1.50 bits per heavy atom. The van der Waals surface area contributed by atoms with Crippen LogP contribution in [0.25, 0.3) is 0 Å². The maximum atomic E-state index is 11.2. The Labute approximate surface area is 93.7 Å². The summed E-state index contributed by atoms with van der Waals surface area (Å²) in [5, 5.41) is 0. The third kappa shape index (κ3) is 3.85. The van der Waals surface area contributed by atoms with Crippen LogP contribution in [-0.2, 0) is 14.8 Å². The molecule has 1 N–H and O–H groups in total. The summed E-state index contributed by atoms with van der Waals surface area (Å²) in [6.07, 6.45) is 2.28. The van der Waals surface area contributed by atoms with Crippen LogP contribution < -0.4 is 4.72 Å². The maximum Gasteiger partial charge on any atom is 0.339 e. The Morgan fingerprint density at radius 2 is 2.19 bits per heavy atom. The van der Waals surface area contributed by atoms with E-state index < -0.39 is 16.0 Å². The predicted molar refractivity (Wildman–Crippen MR) is 58.7 cm³/mol. The molecule has 1 rings (SSSR count). The van der Waals surface area contributed by atoms with Crippen molar-refractivity contribution in [1.29, 1.82) is 0 Å². The highest BCUT2D eigenvalue weighted by atomic mass is 32.2. The van der Waals surface area contributed by atoms with Gasteiger partial charge in [-0.1, -0.05) is 0 Å². The molecule has 0 unspecified atom stereocenters. The average Bonchev–Trinajstić information content (AvgIpc) is 2.16. The van der Waals surface area contributed by atoms with Gasteiger partial charge in [0.2, 0.25) is 10.0 Å². The van der Waals surface area contributed by atoms with Crippen molar-refractivity contribution in [3.8, 4) is 0 Å². The topological polar surface area (TPSA) is 85.4 Å². The second-order valence-corrected chi connectivity index (χ2v) is 4.78. The van der Waals surface area contributed by atoms with E-state index in [1.165, 1.54) is 18.3 Å². The van der Waals surface area contributed by atoms with Crippen LogP contribution in [-0.4, -0.2) is 32.2 Å². The fourth-order valence-electron chi connectivity index (χ4n) is 0.979. The lowest BCUT2D eigenvalue weighted by molar-refractivity contribution is 0.0526. The lowest BCUT2D eigenvalue weighted by Gasteiger charge is -2.04. The summed E-state index contributed by atoms with van der Waals surface area (Å²) in [7, 11) is -3.35. The minimum absolute atomic E-state index is 0.163. The van der Waals surface area contributed by atoms with Gasteiger partial charge in [-0.25, -0.2) is 18.2 Å². The van der Waals surface area contributed by atoms with E-state index in [2.05, 4.69) is 9.71 Å². The number of rotatable bonds is 4. The van der Waals surface area contributed by atoms with E-state index in [1.807, 2.05) is 0 Å². The molecule has 0 saturated heterocycles. The third-order valence-corrected chi connectivity index (χ3v) is 2.14. The number of pyridine rings is 1. The van der Waals surface area contributed by atoms with Crippen molar-refractivity contribution >= 4 is 21.8 Å². The number of hydrogen-bond acceptors (Lipinski definition) is 5. The van der Waals surface area contributed by atoms with Gasteiger partial charge in [-0.15, -0.1) is 0 Å². The molecule has 0 aliphatic rings. The van der Waals surface area contributed by atoms with E-state index in [0.717, 1.165) is 6.26 Å². The number of carbonyl (C=O) groups is 1. The van der Waals surface area contributed by atoms with Gasteiger partial charge in [0.25, 0.3) is 0 Å². The van der Waals surface area contributed by atoms with Gasteiger partial charge in [0, 0.05) is 6.20 Å². The molecule has 0 aliphatic heterocycles. The highest BCUT2D eigenvalue weighted by Crippen LogP contribution is 2.07. The lowest BCUT2D eigenvalue weighted by atomic mass is 10.3. The molecule has 1 aromatic heterocycles. The zero-order valence-electron chi connectivity index (χ0n) is 8.93. The van der Waals surface area contributed by atoms with Gasteiger partial charge in [0.1, 0.15) is 5.82 Å². The first-order valence-corrected chi connectivity index (χ1v) is 6.42. The van der Waals surface area contributed by atoms with Crippen molar-refractivity contribution in [3.63, 3.8) is 0 Å². The molecule has 1 aromatic rings. The molecular weight excluding hydrogens is 232 g/mol. The number of esters is 1. The number of nitrogens with zero attached hydrogens (tertiary/aromatic N) is 1. The Hall–Kier alpha value is -1.63. The number of hydrogen-bond donors (Lipinski definition) is 1. The molecule has 16 heavy (non-hydrogen) atoms. The number of nitrogens with one attached hydrogen (secondary N) is 1. The van der Waals surface area contributed by atoms with Gasteiger partial charge in [-0.2, -0.15) is 0 Å². The summed E-state index contributed by atoms with van der Waals surface area (Å²) in [6.45, 7) is 1.98. The van der Waals surface area contributed by atoms with Crippen molar-refractivity contribution in [2.75, 3.05) is 17.6 Å². The molecule has 0 radical (unpaired) electrons. The van der Waals surface area contributed by atoms with Crippen LogP contribution >= 0.6 is 0 Å². The van der Waals surface area contributed by atoms with Crippen LogP contribution in [0, 0.1) is 0 Å². The predicted octanol–water partition coefficient (Wildman–Crippen LogP) is 0.630. The van der Waals surface area contributed by atoms with E-state index in [-0.39, 0.29) is 18.0 Å². The number of aromatic nitrogens is 1. The molecule has 0 saturated carbocycles. The molecule has 7 heteroatoms. The van der Waals surface area contributed by atoms with Gasteiger partial charge >= 0.3 is 5.97 Å². The molecule has 0 spiro atoms. The average molecular weight is 244 g/mol. The highest BCUT2D eigenvalue weighted by Gasteiger charge is 2.08. The summed E-state index contributed by atoms with van der Waals surface area (Å²) in [5.74, 6) is -0.323. The van der Waals surface area contributed by atoms with Gasteiger partial charge in [-0.3, -0.25) is 4.72 Å². The fraction of sp³-hybridized carbons (Fsp3) is 0.333. The number of anilines is 1. The molecular formula is C9H12N2O4S. The van der Waals surface area contributed by atoms with Crippen molar-refractivity contribution in [3.05, 3.63) is 23.9 Å². The van der Waals surface area contributed by atoms with Crippen molar-refractivity contribution in [2.24, 2.45) is 0 Å². The first-order valence-electron chi connectivity index (χ1n) is 4.53. The molecule has 6 nitrogen and oxygen atoms in total. The number of carbonyl (C=O) groups excluding carboxylic acids is 1. The van der Waals surface area contributed by atoms with E-state index in [4.69, 9.17) is 4.74 Å². The normalized spacial score (nSPS) is 10.9. The monoisotopic (exact) mass is 244 g/mol. The van der Waals surface area contributed by atoms with Crippen molar-refractivity contribution < 1.29 is 17.9 Å². The zero-order chi connectivity index (χ0) is 12.2. The Kier molecular flexibility index (Phi) is 3.83. The van der Waals surface area contributed by atoms with E-state index in [9.17, 15) is 13.2 Å². The van der Waals surface area contributed by atoms with Gasteiger partial charge in [0.15, 0.2) is 0 Å². The van der Waals surface area contributed by atoms with Crippen LogP contribution in [0.5, 0.6) is 0 Å². The minimum atomic E-state index is -3.35. The molecule has 0 fully saturated rings. The van der Waals surface area contributed by atoms with Crippen molar-refractivity contribution in [1.82, 2.24) is 4.98 Å². The highest BCUT2D eigenvalue weighted by molar-refractivity contribution is 7.92. The smallest absolute Gasteiger partial charge is 0.339 e. The molecule has 0 bridgehead atoms. The van der Waals surface area contributed by atoms with Gasteiger partial charge in [-0.05, 0) is 19.1 Å². The second kappa shape index (κ2) is 4.93. The molecule has 0 aromatic carbocycles. The summed E-state index contributed by atoms with van der Waals surface area (Å²) < 4.78 is 28.7. The second-order valence-electron chi connectivity index (χ2n) is 3.03. The molecule has 0 amide bonds. The van der Waals surface area contributed by atoms with Crippen LogP contribution in [0.2, 0.25) is 0 Å². The standard InChI is InChI=1S/C9H12N2O4S/c1-3-15-9(12)7-4-5-8(10-6-7)11-16(2,13)14/h4-6H,3H2,1-2H3,(H,10,11). The van der Waals surface area contributed by atoms with E-state index in [0.29, 0.717) is 0 Å². The third-order valence-electron chi connectivity index (χ3n) is 1.56. The quantitative estimate of drug-likeness (QED) is 0.785. The summed E-state index contributed by atoms with van der Waals surface area (Å²) >= 11 is 0. The SMILES string of the molecule is CCOC(=O)c1ccc(NS(C)(=O)=O)nc1. The Morgan fingerprint density at radius 3 is 2.62 bits per heavy atom. The van der Waals surface area contributed by atoms with Gasteiger partial charge < -0.3 is 4.74 Å². The first-order chi connectivity index (χ1) is 7.42. The Bertz CT molecular complexity index is 467. The molecule has 1 heterocycles. The summed E-state index contributed by atoms with van der Waals surface area (Å²) in [6, 6.07) is 2.84. The molecule has 88 valence electrons. The number of ether oxygens (including phenoxy) is 1. The lowest BCUT2D eigenvalue weighted by Crippen LogP contribution is -2.11. The number of sulfonamides is 1. The van der Waals surface area contributed by atoms with Crippen molar-refractivity contribution in [2.45, 2.75) is 6.92 Å². The van der Waals surface area contributed by atoms with E-state index >= 15 is 0 Å². The largest absolute Gasteiger partial charge is 0.462 e. The van der Waals surface area contributed by atoms with Gasteiger partial charge in [0.05, 0.1) is 18.4 Å². The van der Waals surface area contributed by atoms with Crippen LogP contribution in [0.3, 0.4) is 0 Å². The summed E-state index contributed by atoms with van der Waals surface area (Å²) in [5.41, 5.74) is 0.279. The minimum Gasteiger partial charge on any atom is -0.462 e. The Balaban J connectivity index is 2.79. The molecule has 0 aliphatic carbocycles.